The normalized spacial score (nSPS) is 13.2. The number of halogens is 2. The summed E-state index contributed by atoms with van der Waals surface area (Å²) in [6.07, 6.45) is 0.927. The second-order valence-electron chi connectivity index (χ2n) is 3.58. The fourth-order valence-electron chi connectivity index (χ4n) is 1.91. The second-order valence-corrected chi connectivity index (χ2v) is 3.84. The number of methoxy groups -OCH3 is 2. The summed E-state index contributed by atoms with van der Waals surface area (Å²) in [5.41, 5.74) is 3.24. The van der Waals surface area contributed by atoms with E-state index in [4.69, 9.17) is 21.1 Å². The molecule has 0 saturated carbocycles. The zero-order chi connectivity index (χ0) is 11.5. The molecule has 0 fully saturated rings. The third-order valence-electron chi connectivity index (χ3n) is 2.73. The molecule has 1 aromatic rings. The molecule has 1 aliphatic rings. The quantitative estimate of drug-likeness (QED) is 0.795. The van der Waals surface area contributed by atoms with Gasteiger partial charge in [0.2, 0.25) is 0 Å². The lowest BCUT2D eigenvalue weighted by Gasteiger charge is -2.18. The molecule has 0 N–H and O–H groups in total. The van der Waals surface area contributed by atoms with Crippen molar-refractivity contribution in [2.24, 2.45) is 4.99 Å². The number of ether oxygens (including phenoxy) is 2. The third-order valence-corrected chi connectivity index (χ3v) is 2.98. The molecule has 0 saturated heterocycles. The Kier molecular flexibility index (Phi) is 5.09. The standard InChI is InChI=1S/C12H14ClNO2.ClH/c1-15-11-5-8-3-4-14-10(7-13)9(8)6-12(11)16-2;/h5-6H,3-4,7H2,1-2H3;1H. The van der Waals surface area contributed by atoms with Crippen LogP contribution in [0.3, 0.4) is 0 Å². The number of hydrogen-bond acceptors (Lipinski definition) is 3. The fourth-order valence-corrected chi connectivity index (χ4v) is 2.14. The van der Waals surface area contributed by atoms with Crippen molar-refractivity contribution in [3.63, 3.8) is 0 Å². The first-order chi connectivity index (χ1) is 7.80. The Morgan fingerprint density at radius 2 is 1.88 bits per heavy atom. The Labute approximate surface area is 112 Å². The Hall–Kier alpha value is -0.930. The molecule has 0 amide bonds. The summed E-state index contributed by atoms with van der Waals surface area (Å²) in [5, 5.41) is 0. The van der Waals surface area contributed by atoms with Crippen molar-refractivity contribution in [1.29, 1.82) is 0 Å². The van der Waals surface area contributed by atoms with Crippen molar-refractivity contribution in [3.8, 4) is 11.5 Å². The van der Waals surface area contributed by atoms with Gasteiger partial charge in [-0.2, -0.15) is 0 Å². The first kappa shape index (κ1) is 14.1. The summed E-state index contributed by atoms with van der Waals surface area (Å²) in [5.74, 6) is 1.92. The average molecular weight is 276 g/mol. The predicted octanol–water partition coefficient (Wildman–Crippen LogP) is 2.71. The molecular formula is C12H15Cl2NO2. The average Bonchev–Trinajstić information content (AvgIpc) is 2.36. The van der Waals surface area contributed by atoms with Crippen LogP contribution in [0, 0.1) is 0 Å². The fraction of sp³-hybridized carbons (Fsp3) is 0.417. The highest BCUT2D eigenvalue weighted by Gasteiger charge is 2.17. The lowest BCUT2D eigenvalue weighted by Crippen LogP contribution is -2.14. The van der Waals surface area contributed by atoms with Crippen LogP contribution >= 0.6 is 24.0 Å². The maximum Gasteiger partial charge on any atom is 0.161 e. The van der Waals surface area contributed by atoms with Gasteiger partial charge in [-0.05, 0) is 24.1 Å². The van der Waals surface area contributed by atoms with Gasteiger partial charge in [0.25, 0.3) is 0 Å². The Morgan fingerprint density at radius 3 is 2.47 bits per heavy atom. The molecule has 0 aromatic heterocycles. The van der Waals surface area contributed by atoms with Crippen molar-refractivity contribution >= 4 is 29.7 Å². The van der Waals surface area contributed by atoms with Crippen molar-refractivity contribution in [3.05, 3.63) is 23.3 Å². The Morgan fingerprint density at radius 1 is 1.24 bits per heavy atom. The molecule has 2 rings (SSSR count). The van der Waals surface area contributed by atoms with E-state index in [1.807, 2.05) is 12.1 Å². The molecule has 0 atom stereocenters. The van der Waals surface area contributed by atoms with E-state index in [0.717, 1.165) is 35.7 Å². The van der Waals surface area contributed by atoms with Crippen LogP contribution in [0.2, 0.25) is 0 Å². The summed E-state index contributed by atoms with van der Waals surface area (Å²) in [6, 6.07) is 3.96. The number of nitrogens with zero attached hydrogens (tertiary/aromatic N) is 1. The maximum absolute atomic E-state index is 5.87. The predicted molar refractivity (Wildman–Crippen MR) is 72.6 cm³/mol. The number of hydrogen-bond donors (Lipinski definition) is 0. The van der Waals surface area contributed by atoms with Crippen molar-refractivity contribution in [2.45, 2.75) is 6.42 Å². The molecule has 0 spiro atoms. The molecule has 0 unspecified atom stereocenters. The molecule has 0 bridgehead atoms. The van der Waals surface area contributed by atoms with Crippen molar-refractivity contribution in [2.75, 3.05) is 26.6 Å². The lowest BCUT2D eigenvalue weighted by atomic mass is 9.97. The van der Waals surface area contributed by atoms with E-state index < -0.39 is 0 Å². The molecular weight excluding hydrogens is 261 g/mol. The molecule has 1 aliphatic heterocycles. The van der Waals surface area contributed by atoms with Crippen LogP contribution in [0.4, 0.5) is 0 Å². The Bertz CT molecular complexity index is 433. The van der Waals surface area contributed by atoms with E-state index in [2.05, 4.69) is 4.99 Å². The minimum absolute atomic E-state index is 0. The van der Waals surface area contributed by atoms with Crippen molar-refractivity contribution < 1.29 is 9.47 Å². The molecule has 17 heavy (non-hydrogen) atoms. The van der Waals surface area contributed by atoms with Crippen LogP contribution in [-0.2, 0) is 6.42 Å². The van der Waals surface area contributed by atoms with E-state index in [9.17, 15) is 0 Å². The monoisotopic (exact) mass is 275 g/mol. The van der Waals surface area contributed by atoms with Crippen molar-refractivity contribution in [1.82, 2.24) is 0 Å². The maximum atomic E-state index is 5.87. The molecule has 0 aliphatic carbocycles. The van der Waals surface area contributed by atoms with Gasteiger partial charge in [-0.3, -0.25) is 4.99 Å². The SMILES string of the molecule is COc1cc2c(cc1OC)C(CCl)=NCC2.Cl. The van der Waals surface area contributed by atoms with E-state index >= 15 is 0 Å². The molecule has 5 heteroatoms. The summed E-state index contributed by atoms with van der Waals surface area (Å²) < 4.78 is 10.5. The van der Waals surface area contributed by atoms with Crippen LogP contribution in [-0.4, -0.2) is 32.4 Å². The van der Waals surface area contributed by atoms with Crippen LogP contribution in [0.5, 0.6) is 11.5 Å². The van der Waals surface area contributed by atoms with Gasteiger partial charge in [0.1, 0.15) is 0 Å². The van der Waals surface area contributed by atoms with E-state index in [1.165, 1.54) is 5.56 Å². The summed E-state index contributed by atoms with van der Waals surface area (Å²) in [7, 11) is 3.27. The largest absolute Gasteiger partial charge is 0.493 e. The number of alkyl halides is 1. The number of rotatable bonds is 3. The highest BCUT2D eigenvalue weighted by molar-refractivity contribution is 6.32. The highest BCUT2D eigenvalue weighted by atomic mass is 35.5. The van der Waals surface area contributed by atoms with E-state index in [-0.39, 0.29) is 12.4 Å². The summed E-state index contributed by atoms with van der Waals surface area (Å²) >= 11 is 5.87. The van der Waals surface area contributed by atoms with Gasteiger partial charge in [0.05, 0.1) is 25.8 Å². The Balaban J connectivity index is 0.00000144. The smallest absolute Gasteiger partial charge is 0.161 e. The first-order valence-electron chi connectivity index (χ1n) is 5.14. The van der Waals surface area contributed by atoms with E-state index in [1.54, 1.807) is 14.2 Å². The number of fused-ring (bicyclic) bond motifs is 1. The van der Waals surface area contributed by atoms with Gasteiger partial charge in [-0.1, -0.05) is 0 Å². The second kappa shape index (κ2) is 6.12. The van der Waals surface area contributed by atoms with Crippen LogP contribution in [0.1, 0.15) is 11.1 Å². The molecule has 1 heterocycles. The zero-order valence-electron chi connectivity index (χ0n) is 9.83. The minimum Gasteiger partial charge on any atom is -0.493 e. The van der Waals surface area contributed by atoms with Gasteiger partial charge < -0.3 is 9.47 Å². The van der Waals surface area contributed by atoms with Gasteiger partial charge in [-0.25, -0.2) is 0 Å². The third kappa shape index (κ3) is 2.67. The molecule has 0 radical (unpaired) electrons. The van der Waals surface area contributed by atoms with Gasteiger partial charge in [0.15, 0.2) is 11.5 Å². The van der Waals surface area contributed by atoms with Gasteiger partial charge in [-0.15, -0.1) is 24.0 Å². The number of aliphatic imine (C=N–C) groups is 1. The van der Waals surface area contributed by atoms with Crippen LogP contribution in [0.25, 0.3) is 0 Å². The summed E-state index contributed by atoms with van der Waals surface area (Å²) in [6.45, 7) is 0.796. The summed E-state index contributed by atoms with van der Waals surface area (Å²) in [4.78, 5) is 4.41. The van der Waals surface area contributed by atoms with Gasteiger partial charge >= 0.3 is 0 Å². The van der Waals surface area contributed by atoms with Crippen LogP contribution in [0.15, 0.2) is 17.1 Å². The molecule has 1 aromatic carbocycles. The van der Waals surface area contributed by atoms with E-state index in [0.29, 0.717) is 5.88 Å². The number of benzene rings is 1. The first-order valence-corrected chi connectivity index (χ1v) is 5.68. The zero-order valence-corrected chi connectivity index (χ0v) is 11.4. The van der Waals surface area contributed by atoms with Crippen LogP contribution < -0.4 is 9.47 Å². The molecule has 94 valence electrons. The lowest BCUT2D eigenvalue weighted by molar-refractivity contribution is 0.354. The molecule has 3 nitrogen and oxygen atoms in total. The topological polar surface area (TPSA) is 30.8 Å². The van der Waals surface area contributed by atoms with Gasteiger partial charge in [0, 0.05) is 12.1 Å². The minimum atomic E-state index is 0. The highest BCUT2D eigenvalue weighted by Crippen LogP contribution is 2.32.